The molecule has 4 heteroatoms. The van der Waals surface area contributed by atoms with Crippen molar-refractivity contribution in [3.8, 4) is 5.75 Å². The van der Waals surface area contributed by atoms with E-state index in [2.05, 4.69) is 4.98 Å². The lowest BCUT2D eigenvalue weighted by Gasteiger charge is -2.06. The third-order valence-electron chi connectivity index (χ3n) is 1.75. The van der Waals surface area contributed by atoms with E-state index in [0.29, 0.717) is 5.69 Å². The number of pyridine rings is 1. The smallest absolute Gasteiger partial charge is 0.303 e. The van der Waals surface area contributed by atoms with Crippen molar-refractivity contribution in [3.63, 3.8) is 0 Å². The quantitative estimate of drug-likeness (QED) is 0.685. The molecular weight excluding hydrogens is 182 g/mol. The van der Waals surface area contributed by atoms with Gasteiger partial charge in [0.15, 0.2) is 0 Å². The summed E-state index contributed by atoms with van der Waals surface area (Å²) in [5.74, 6) is 0.438. The fourth-order valence-corrected chi connectivity index (χ4v) is 1.02. The molecule has 0 aliphatic carbocycles. The normalized spacial score (nSPS) is 9.64. The summed E-state index contributed by atoms with van der Waals surface area (Å²) in [4.78, 5) is 14.7. The summed E-state index contributed by atoms with van der Waals surface area (Å²) >= 11 is 0. The Morgan fingerprint density at radius 1 is 1.57 bits per heavy atom. The highest BCUT2D eigenvalue weighted by Crippen LogP contribution is 2.17. The average molecular weight is 195 g/mol. The van der Waals surface area contributed by atoms with E-state index in [1.54, 1.807) is 19.4 Å². The first-order valence-corrected chi connectivity index (χ1v) is 4.26. The van der Waals surface area contributed by atoms with Gasteiger partial charge in [-0.1, -0.05) is 0 Å². The van der Waals surface area contributed by atoms with Crippen LogP contribution in [-0.4, -0.2) is 18.1 Å². The van der Waals surface area contributed by atoms with Crippen LogP contribution in [0.5, 0.6) is 5.75 Å². The first-order valence-electron chi connectivity index (χ1n) is 4.26. The molecular formula is C10H13NO3. The van der Waals surface area contributed by atoms with Gasteiger partial charge in [0.05, 0.1) is 12.8 Å². The minimum Gasteiger partial charge on any atom is -0.496 e. The average Bonchev–Trinajstić information content (AvgIpc) is 2.16. The zero-order valence-corrected chi connectivity index (χ0v) is 8.53. The van der Waals surface area contributed by atoms with E-state index < -0.39 is 0 Å². The standard InChI is InChI=1S/C10H13NO3/c1-7-5-11-9(4-10(7)13-3)6-14-8(2)12/h4-5H,6H2,1-3H3. The third-order valence-corrected chi connectivity index (χ3v) is 1.75. The Morgan fingerprint density at radius 2 is 2.29 bits per heavy atom. The molecule has 0 bridgehead atoms. The molecule has 0 aromatic carbocycles. The van der Waals surface area contributed by atoms with E-state index in [1.165, 1.54) is 6.92 Å². The monoisotopic (exact) mass is 195 g/mol. The molecule has 0 saturated heterocycles. The second-order valence-corrected chi connectivity index (χ2v) is 2.93. The van der Waals surface area contributed by atoms with Crippen molar-refractivity contribution < 1.29 is 14.3 Å². The van der Waals surface area contributed by atoms with Crippen LogP contribution in [0.1, 0.15) is 18.2 Å². The van der Waals surface area contributed by atoms with Crippen LogP contribution in [0.15, 0.2) is 12.3 Å². The predicted molar refractivity (Wildman–Crippen MR) is 51.0 cm³/mol. The third kappa shape index (κ3) is 2.73. The molecule has 0 radical (unpaired) electrons. The molecule has 14 heavy (non-hydrogen) atoms. The van der Waals surface area contributed by atoms with Crippen LogP contribution in [-0.2, 0) is 16.1 Å². The van der Waals surface area contributed by atoms with Gasteiger partial charge in [0, 0.05) is 24.8 Å². The molecule has 0 saturated carbocycles. The number of nitrogens with zero attached hydrogens (tertiary/aromatic N) is 1. The molecule has 1 rings (SSSR count). The lowest BCUT2D eigenvalue weighted by Crippen LogP contribution is -2.01. The van der Waals surface area contributed by atoms with Crippen LogP contribution in [0.4, 0.5) is 0 Å². The van der Waals surface area contributed by atoms with Crippen molar-refractivity contribution in [2.75, 3.05) is 7.11 Å². The first-order chi connectivity index (χ1) is 6.63. The fourth-order valence-electron chi connectivity index (χ4n) is 1.02. The van der Waals surface area contributed by atoms with Crippen molar-refractivity contribution >= 4 is 5.97 Å². The highest BCUT2D eigenvalue weighted by atomic mass is 16.5. The zero-order valence-electron chi connectivity index (χ0n) is 8.53. The number of hydrogen-bond acceptors (Lipinski definition) is 4. The molecule has 0 spiro atoms. The van der Waals surface area contributed by atoms with E-state index >= 15 is 0 Å². The molecule has 0 fully saturated rings. The van der Waals surface area contributed by atoms with Gasteiger partial charge in [-0.3, -0.25) is 9.78 Å². The number of rotatable bonds is 3. The van der Waals surface area contributed by atoms with E-state index in [4.69, 9.17) is 9.47 Å². The maximum Gasteiger partial charge on any atom is 0.303 e. The van der Waals surface area contributed by atoms with Crippen LogP contribution in [0.2, 0.25) is 0 Å². The van der Waals surface area contributed by atoms with Crippen LogP contribution in [0.3, 0.4) is 0 Å². The second kappa shape index (κ2) is 4.60. The predicted octanol–water partition coefficient (Wildman–Crippen LogP) is 1.46. The Balaban J connectivity index is 2.74. The number of carbonyl (C=O) groups excluding carboxylic acids is 1. The van der Waals surface area contributed by atoms with Gasteiger partial charge in [-0.15, -0.1) is 0 Å². The number of methoxy groups -OCH3 is 1. The van der Waals surface area contributed by atoms with E-state index in [-0.39, 0.29) is 12.6 Å². The van der Waals surface area contributed by atoms with Crippen molar-refractivity contribution in [2.45, 2.75) is 20.5 Å². The minimum absolute atomic E-state index is 0.186. The number of aromatic nitrogens is 1. The van der Waals surface area contributed by atoms with E-state index in [0.717, 1.165) is 11.3 Å². The summed E-state index contributed by atoms with van der Waals surface area (Å²) in [7, 11) is 1.60. The molecule has 0 amide bonds. The Hall–Kier alpha value is -1.58. The van der Waals surface area contributed by atoms with Crippen LogP contribution in [0, 0.1) is 6.92 Å². The summed E-state index contributed by atoms with van der Waals surface area (Å²) in [6, 6.07) is 1.76. The molecule has 4 nitrogen and oxygen atoms in total. The summed E-state index contributed by atoms with van der Waals surface area (Å²) < 4.78 is 9.92. The minimum atomic E-state index is -0.314. The van der Waals surface area contributed by atoms with Crippen LogP contribution >= 0.6 is 0 Å². The van der Waals surface area contributed by atoms with Gasteiger partial charge in [0.2, 0.25) is 0 Å². The zero-order chi connectivity index (χ0) is 10.6. The summed E-state index contributed by atoms with van der Waals surface area (Å²) in [6.45, 7) is 3.46. The lowest BCUT2D eigenvalue weighted by molar-refractivity contribution is -0.142. The maximum absolute atomic E-state index is 10.6. The Bertz CT molecular complexity index is 336. The number of carbonyl (C=O) groups is 1. The number of hydrogen-bond donors (Lipinski definition) is 0. The Labute approximate surface area is 82.9 Å². The second-order valence-electron chi connectivity index (χ2n) is 2.93. The molecule has 0 aliphatic heterocycles. The van der Waals surface area contributed by atoms with Crippen LogP contribution in [0.25, 0.3) is 0 Å². The van der Waals surface area contributed by atoms with Gasteiger partial charge >= 0.3 is 5.97 Å². The van der Waals surface area contributed by atoms with Gasteiger partial charge in [-0.2, -0.15) is 0 Å². The largest absolute Gasteiger partial charge is 0.496 e. The first kappa shape index (κ1) is 10.5. The summed E-state index contributed by atoms with van der Waals surface area (Å²) in [5, 5.41) is 0. The Morgan fingerprint density at radius 3 is 2.86 bits per heavy atom. The SMILES string of the molecule is COc1cc(COC(C)=O)ncc1C. The van der Waals surface area contributed by atoms with Gasteiger partial charge in [0.25, 0.3) is 0 Å². The lowest BCUT2D eigenvalue weighted by atomic mass is 10.2. The molecule has 76 valence electrons. The van der Waals surface area contributed by atoms with E-state index in [9.17, 15) is 4.79 Å². The van der Waals surface area contributed by atoms with Gasteiger partial charge in [0.1, 0.15) is 12.4 Å². The van der Waals surface area contributed by atoms with Crippen molar-refractivity contribution in [1.29, 1.82) is 0 Å². The Kier molecular flexibility index (Phi) is 3.45. The molecule has 1 aromatic heterocycles. The fraction of sp³-hybridized carbons (Fsp3) is 0.400. The number of esters is 1. The molecule has 1 heterocycles. The van der Waals surface area contributed by atoms with Gasteiger partial charge < -0.3 is 9.47 Å². The molecule has 1 aromatic rings. The summed E-state index contributed by atoms with van der Waals surface area (Å²) in [5.41, 5.74) is 1.64. The molecule has 0 atom stereocenters. The molecule has 0 unspecified atom stereocenters. The van der Waals surface area contributed by atoms with Crippen molar-refractivity contribution in [2.24, 2.45) is 0 Å². The van der Waals surface area contributed by atoms with Gasteiger partial charge in [-0.05, 0) is 6.92 Å². The van der Waals surface area contributed by atoms with Crippen LogP contribution < -0.4 is 4.74 Å². The highest BCUT2D eigenvalue weighted by Gasteiger charge is 2.02. The maximum atomic E-state index is 10.6. The molecule has 0 aliphatic rings. The number of ether oxygens (including phenoxy) is 2. The topological polar surface area (TPSA) is 48.4 Å². The van der Waals surface area contributed by atoms with Crippen molar-refractivity contribution in [1.82, 2.24) is 4.98 Å². The summed E-state index contributed by atoms with van der Waals surface area (Å²) in [6.07, 6.45) is 1.69. The van der Waals surface area contributed by atoms with E-state index in [1.807, 2.05) is 6.92 Å². The van der Waals surface area contributed by atoms with Crippen molar-refractivity contribution in [3.05, 3.63) is 23.5 Å². The van der Waals surface area contributed by atoms with Gasteiger partial charge in [-0.25, -0.2) is 0 Å². The molecule has 0 N–H and O–H groups in total. The highest BCUT2D eigenvalue weighted by molar-refractivity contribution is 5.65. The number of aryl methyl sites for hydroxylation is 1.